The van der Waals surface area contributed by atoms with E-state index in [2.05, 4.69) is 26.9 Å². The summed E-state index contributed by atoms with van der Waals surface area (Å²) in [5, 5.41) is 0.843. The second kappa shape index (κ2) is 10.6. The Labute approximate surface area is 219 Å². The summed E-state index contributed by atoms with van der Waals surface area (Å²) in [6.45, 7) is 5.37. The van der Waals surface area contributed by atoms with Crippen molar-refractivity contribution in [1.82, 2.24) is 9.88 Å². The lowest BCUT2D eigenvalue weighted by Crippen LogP contribution is -2.49. The highest BCUT2D eigenvalue weighted by molar-refractivity contribution is 9.10. The first kappa shape index (κ1) is 24.1. The van der Waals surface area contributed by atoms with Crippen LogP contribution in [0.2, 0.25) is 0 Å². The molecule has 0 unspecified atom stereocenters. The smallest absolute Gasteiger partial charge is 0.254 e. The standard InChI is InChI=1S/C29H28BrN3O3/c1-3-36-28-7-5-4-6-27(28)32-14-16-33(17-15-32)29(34)24-19-26(20-8-11-22(35-2)12-9-20)31-25-13-10-21(30)18-23(24)25/h4-13,18-19H,3,14-17H2,1-2H3. The predicted octanol–water partition coefficient (Wildman–Crippen LogP) is 6.03. The van der Waals surface area contributed by atoms with Gasteiger partial charge in [-0.25, -0.2) is 4.98 Å². The Bertz CT molecular complexity index is 1380. The van der Waals surface area contributed by atoms with Gasteiger partial charge in [0, 0.05) is 41.6 Å². The average molecular weight is 546 g/mol. The number of hydrogen-bond acceptors (Lipinski definition) is 5. The van der Waals surface area contributed by atoms with Gasteiger partial charge in [-0.3, -0.25) is 4.79 Å². The van der Waals surface area contributed by atoms with Crippen LogP contribution in [0.4, 0.5) is 5.69 Å². The molecule has 4 aromatic rings. The average Bonchev–Trinajstić information content (AvgIpc) is 2.93. The molecule has 5 rings (SSSR count). The highest BCUT2D eigenvalue weighted by atomic mass is 79.9. The molecule has 1 amide bonds. The Hall–Kier alpha value is -3.58. The molecule has 1 aromatic heterocycles. The third-order valence-corrected chi connectivity index (χ3v) is 6.95. The molecule has 1 saturated heterocycles. The first-order valence-electron chi connectivity index (χ1n) is 12.1. The molecule has 1 fully saturated rings. The van der Waals surface area contributed by atoms with Crippen LogP contribution >= 0.6 is 15.9 Å². The van der Waals surface area contributed by atoms with Crippen molar-refractivity contribution in [3.63, 3.8) is 0 Å². The zero-order chi connectivity index (χ0) is 25.1. The predicted molar refractivity (Wildman–Crippen MR) is 147 cm³/mol. The van der Waals surface area contributed by atoms with E-state index in [-0.39, 0.29) is 5.91 Å². The molecule has 0 aliphatic carbocycles. The Balaban J connectivity index is 1.43. The monoisotopic (exact) mass is 545 g/mol. The number of fused-ring (bicyclic) bond motifs is 1. The zero-order valence-electron chi connectivity index (χ0n) is 20.4. The van der Waals surface area contributed by atoms with Gasteiger partial charge in [-0.1, -0.05) is 28.1 Å². The number of carbonyl (C=O) groups is 1. The highest BCUT2D eigenvalue weighted by Gasteiger charge is 2.26. The minimum atomic E-state index is 0.0213. The minimum Gasteiger partial charge on any atom is -0.497 e. The van der Waals surface area contributed by atoms with E-state index in [1.165, 1.54) is 0 Å². The number of halogens is 1. The summed E-state index contributed by atoms with van der Waals surface area (Å²) >= 11 is 3.56. The number of benzene rings is 3. The van der Waals surface area contributed by atoms with E-state index >= 15 is 0 Å². The molecular formula is C29H28BrN3O3. The van der Waals surface area contributed by atoms with Crippen molar-refractivity contribution < 1.29 is 14.3 Å². The molecule has 0 radical (unpaired) electrons. The van der Waals surface area contributed by atoms with Crippen LogP contribution < -0.4 is 14.4 Å². The largest absolute Gasteiger partial charge is 0.497 e. The van der Waals surface area contributed by atoms with Gasteiger partial charge >= 0.3 is 0 Å². The fourth-order valence-electron chi connectivity index (χ4n) is 4.60. The van der Waals surface area contributed by atoms with Crippen LogP contribution in [-0.4, -0.2) is 55.7 Å². The summed E-state index contributed by atoms with van der Waals surface area (Å²) in [6.07, 6.45) is 0. The van der Waals surface area contributed by atoms with Gasteiger partial charge in [0.15, 0.2) is 0 Å². The molecule has 7 heteroatoms. The van der Waals surface area contributed by atoms with Gasteiger partial charge in [-0.2, -0.15) is 0 Å². The van der Waals surface area contributed by atoms with Gasteiger partial charge in [0.2, 0.25) is 0 Å². The quantitative estimate of drug-likeness (QED) is 0.296. The van der Waals surface area contributed by atoms with E-state index in [4.69, 9.17) is 14.5 Å². The Morgan fingerprint density at radius 2 is 1.72 bits per heavy atom. The van der Waals surface area contributed by atoms with Gasteiger partial charge < -0.3 is 19.3 Å². The van der Waals surface area contributed by atoms with Crippen LogP contribution in [0.5, 0.6) is 11.5 Å². The maximum atomic E-state index is 13.8. The Morgan fingerprint density at radius 1 is 0.972 bits per heavy atom. The number of piperazine rings is 1. The summed E-state index contributed by atoms with van der Waals surface area (Å²) < 4.78 is 12.0. The first-order chi connectivity index (χ1) is 17.6. The van der Waals surface area contributed by atoms with E-state index in [9.17, 15) is 4.79 Å². The third kappa shape index (κ3) is 4.88. The molecule has 1 aliphatic rings. The number of amides is 1. The van der Waals surface area contributed by atoms with E-state index in [1.807, 2.05) is 78.6 Å². The van der Waals surface area contributed by atoms with E-state index in [0.29, 0.717) is 25.3 Å². The second-order valence-corrected chi connectivity index (χ2v) is 9.54. The van der Waals surface area contributed by atoms with Crippen molar-refractivity contribution in [2.45, 2.75) is 6.92 Å². The van der Waals surface area contributed by atoms with Crippen molar-refractivity contribution in [2.24, 2.45) is 0 Å². The molecule has 3 aromatic carbocycles. The molecule has 0 atom stereocenters. The second-order valence-electron chi connectivity index (χ2n) is 8.63. The zero-order valence-corrected chi connectivity index (χ0v) is 22.0. The summed E-state index contributed by atoms with van der Waals surface area (Å²) in [7, 11) is 1.65. The van der Waals surface area contributed by atoms with Crippen molar-refractivity contribution in [2.75, 3.05) is 44.8 Å². The Morgan fingerprint density at radius 3 is 2.44 bits per heavy atom. The van der Waals surface area contributed by atoms with Gasteiger partial charge in [0.05, 0.1) is 36.2 Å². The number of anilines is 1. The van der Waals surface area contributed by atoms with Crippen LogP contribution in [0.15, 0.2) is 77.3 Å². The highest BCUT2D eigenvalue weighted by Crippen LogP contribution is 2.31. The topological polar surface area (TPSA) is 54.9 Å². The number of ether oxygens (including phenoxy) is 2. The maximum absolute atomic E-state index is 13.8. The molecule has 0 bridgehead atoms. The van der Waals surface area contributed by atoms with Crippen molar-refractivity contribution in [1.29, 1.82) is 0 Å². The number of rotatable bonds is 6. The minimum absolute atomic E-state index is 0.0213. The lowest BCUT2D eigenvalue weighted by molar-refractivity contribution is 0.0748. The number of pyridine rings is 1. The SMILES string of the molecule is CCOc1ccccc1N1CCN(C(=O)c2cc(-c3ccc(OC)cc3)nc3ccc(Br)cc23)CC1. The van der Waals surface area contributed by atoms with Gasteiger partial charge in [-0.05, 0) is 67.6 Å². The fraction of sp³-hybridized carbons (Fsp3) is 0.241. The number of nitrogens with zero attached hydrogens (tertiary/aromatic N) is 3. The number of methoxy groups -OCH3 is 1. The number of para-hydroxylation sites is 2. The third-order valence-electron chi connectivity index (χ3n) is 6.46. The van der Waals surface area contributed by atoms with Crippen LogP contribution in [0.1, 0.15) is 17.3 Å². The number of carbonyl (C=O) groups excluding carboxylic acids is 1. The van der Waals surface area contributed by atoms with Crippen molar-refractivity contribution >= 4 is 38.4 Å². The van der Waals surface area contributed by atoms with E-state index < -0.39 is 0 Å². The number of hydrogen-bond donors (Lipinski definition) is 0. The summed E-state index contributed by atoms with van der Waals surface area (Å²) in [5.74, 6) is 1.69. The van der Waals surface area contributed by atoms with Crippen molar-refractivity contribution in [3.8, 4) is 22.8 Å². The molecule has 6 nitrogen and oxygen atoms in total. The molecule has 0 saturated carbocycles. The maximum Gasteiger partial charge on any atom is 0.254 e. The normalized spacial score (nSPS) is 13.6. The van der Waals surface area contributed by atoms with Crippen LogP contribution in [0.25, 0.3) is 22.2 Å². The molecule has 2 heterocycles. The van der Waals surface area contributed by atoms with Gasteiger partial charge in [0.1, 0.15) is 11.5 Å². The molecule has 0 spiro atoms. The van der Waals surface area contributed by atoms with Crippen LogP contribution in [0, 0.1) is 0 Å². The summed E-state index contributed by atoms with van der Waals surface area (Å²) in [4.78, 5) is 22.9. The first-order valence-corrected chi connectivity index (χ1v) is 12.9. The van der Waals surface area contributed by atoms with Crippen LogP contribution in [0.3, 0.4) is 0 Å². The van der Waals surface area contributed by atoms with E-state index in [0.717, 1.165) is 56.9 Å². The van der Waals surface area contributed by atoms with Gasteiger partial charge in [0.25, 0.3) is 5.91 Å². The molecule has 184 valence electrons. The molecule has 36 heavy (non-hydrogen) atoms. The molecule has 0 N–H and O–H groups in total. The van der Waals surface area contributed by atoms with Crippen LogP contribution in [-0.2, 0) is 0 Å². The number of aromatic nitrogens is 1. The van der Waals surface area contributed by atoms with Gasteiger partial charge in [-0.15, -0.1) is 0 Å². The van der Waals surface area contributed by atoms with Crippen molar-refractivity contribution in [3.05, 3.63) is 82.8 Å². The van der Waals surface area contributed by atoms with E-state index in [1.54, 1.807) is 7.11 Å². The fourth-order valence-corrected chi connectivity index (χ4v) is 4.96. The lowest BCUT2D eigenvalue weighted by atomic mass is 10.0. The molecule has 1 aliphatic heterocycles. The lowest BCUT2D eigenvalue weighted by Gasteiger charge is -2.37. The Kier molecular flexibility index (Phi) is 7.09. The summed E-state index contributed by atoms with van der Waals surface area (Å²) in [6, 6.07) is 23.6. The molecular weight excluding hydrogens is 518 g/mol. The summed E-state index contributed by atoms with van der Waals surface area (Å²) in [5.41, 5.74) is 4.23.